The van der Waals surface area contributed by atoms with Crippen LogP contribution in [0.4, 0.5) is 10.1 Å². The first-order valence-electron chi connectivity index (χ1n) is 6.81. The lowest BCUT2D eigenvalue weighted by Crippen LogP contribution is -2.12. The molecule has 6 nitrogen and oxygen atoms in total. The first-order valence-corrected chi connectivity index (χ1v) is 6.81. The van der Waals surface area contributed by atoms with Crippen LogP contribution in [-0.4, -0.2) is 15.9 Å². The van der Waals surface area contributed by atoms with E-state index < -0.39 is 17.5 Å². The van der Waals surface area contributed by atoms with Crippen molar-refractivity contribution in [2.24, 2.45) is 0 Å². The minimum Gasteiger partial charge on any atom is -0.408 e. The van der Waals surface area contributed by atoms with Gasteiger partial charge in [0.1, 0.15) is 11.5 Å². The molecule has 3 N–H and O–H groups in total. The monoisotopic (exact) mass is 311 g/mol. The Morgan fingerprint density at radius 1 is 1.09 bits per heavy atom. The molecule has 0 fully saturated rings. The number of halogens is 1. The Morgan fingerprint density at radius 2 is 1.96 bits per heavy atom. The van der Waals surface area contributed by atoms with Gasteiger partial charge in [-0.1, -0.05) is 6.07 Å². The number of fused-ring (bicyclic) bond motifs is 2. The first kappa shape index (κ1) is 13.3. The average molecular weight is 311 g/mol. The summed E-state index contributed by atoms with van der Waals surface area (Å²) in [5, 5.41) is 3.04. The van der Waals surface area contributed by atoms with E-state index in [4.69, 9.17) is 4.42 Å². The third kappa shape index (κ3) is 2.28. The van der Waals surface area contributed by atoms with Crippen LogP contribution in [-0.2, 0) is 0 Å². The quantitative estimate of drug-likeness (QED) is 0.531. The fraction of sp³-hybridized carbons (Fsp3) is 0. The summed E-state index contributed by atoms with van der Waals surface area (Å²) in [5.41, 5.74) is 2.16. The maximum absolute atomic E-state index is 13.7. The summed E-state index contributed by atoms with van der Waals surface area (Å²) in [7, 11) is 0. The van der Waals surface area contributed by atoms with Crippen molar-refractivity contribution in [1.82, 2.24) is 9.97 Å². The van der Waals surface area contributed by atoms with Gasteiger partial charge in [0.05, 0.1) is 5.52 Å². The van der Waals surface area contributed by atoms with Gasteiger partial charge in [0.15, 0.2) is 5.58 Å². The van der Waals surface area contributed by atoms with Crippen molar-refractivity contribution < 1.29 is 13.6 Å². The third-order valence-corrected chi connectivity index (χ3v) is 3.53. The van der Waals surface area contributed by atoms with Crippen LogP contribution >= 0.6 is 0 Å². The SMILES string of the molecule is O=C(Nc1ccc2oc(=O)[nH]c2c1)c1cc2c(F)cccc2[nH]1. The zero-order valence-electron chi connectivity index (χ0n) is 11.6. The predicted molar refractivity (Wildman–Crippen MR) is 83.0 cm³/mol. The minimum atomic E-state index is -0.561. The van der Waals surface area contributed by atoms with Gasteiger partial charge in [-0.3, -0.25) is 9.78 Å². The number of aromatic nitrogens is 2. The topological polar surface area (TPSA) is 90.9 Å². The van der Waals surface area contributed by atoms with Crippen molar-refractivity contribution in [3.63, 3.8) is 0 Å². The molecular weight excluding hydrogens is 301 g/mol. The molecule has 2 heterocycles. The highest BCUT2D eigenvalue weighted by molar-refractivity contribution is 6.06. The lowest BCUT2D eigenvalue weighted by molar-refractivity contribution is 0.102. The molecule has 1 amide bonds. The van der Waals surface area contributed by atoms with E-state index in [9.17, 15) is 14.0 Å². The molecule has 2 aromatic carbocycles. The first-order chi connectivity index (χ1) is 11.1. The summed E-state index contributed by atoms with van der Waals surface area (Å²) in [5.74, 6) is -1.37. The Hall–Kier alpha value is -3.35. The summed E-state index contributed by atoms with van der Waals surface area (Å²) < 4.78 is 18.6. The molecule has 0 spiro atoms. The molecule has 0 unspecified atom stereocenters. The minimum absolute atomic E-state index is 0.242. The van der Waals surface area contributed by atoms with Crippen LogP contribution in [0.5, 0.6) is 0 Å². The van der Waals surface area contributed by atoms with Crippen molar-refractivity contribution in [3.05, 3.63) is 64.5 Å². The van der Waals surface area contributed by atoms with Gasteiger partial charge in [-0.25, -0.2) is 9.18 Å². The predicted octanol–water partition coefficient (Wildman–Crippen LogP) is 2.99. The molecule has 0 bridgehead atoms. The van der Waals surface area contributed by atoms with Crippen LogP contribution in [0.2, 0.25) is 0 Å². The van der Waals surface area contributed by atoms with E-state index in [1.54, 1.807) is 30.3 Å². The van der Waals surface area contributed by atoms with E-state index in [0.29, 0.717) is 27.7 Å². The number of carbonyl (C=O) groups excluding carboxylic acids is 1. The highest BCUT2D eigenvalue weighted by Gasteiger charge is 2.12. The number of aromatic amines is 2. The van der Waals surface area contributed by atoms with Gasteiger partial charge < -0.3 is 14.7 Å². The van der Waals surface area contributed by atoms with E-state index in [0.717, 1.165) is 0 Å². The lowest BCUT2D eigenvalue weighted by atomic mass is 10.2. The fourth-order valence-electron chi connectivity index (χ4n) is 2.47. The van der Waals surface area contributed by atoms with Crippen LogP contribution < -0.4 is 11.1 Å². The standard InChI is InChI=1S/C16H10FN3O3/c17-10-2-1-3-11-9(10)7-13(19-11)15(21)18-8-4-5-14-12(6-8)20-16(22)23-14/h1-7,19H,(H,18,21)(H,20,22). The number of rotatable bonds is 2. The van der Waals surface area contributed by atoms with E-state index in [2.05, 4.69) is 15.3 Å². The Morgan fingerprint density at radius 3 is 2.78 bits per heavy atom. The molecular formula is C16H10FN3O3. The lowest BCUT2D eigenvalue weighted by Gasteiger charge is -2.03. The van der Waals surface area contributed by atoms with Crippen molar-refractivity contribution in [2.75, 3.05) is 5.32 Å². The van der Waals surface area contributed by atoms with E-state index in [1.165, 1.54) is 12.1 Å². The van der Waals surface area contributed by atoms with Crippen LogP contribution in [0.15, 0.2) is 51.7 Å². The van der Waals surface area contributed by atoms with Gasteiger partial charge in [-0.05, 0) is 36.4 Å². The number of carbonyl (C=O) groups is 1. The van der Waals surface area contributed by atoms with Crippen LogP contribution in [0.1, 0.15) is 10.5 Å². The van der Waals surface area contributed by atoms with Crippen LogP contribution in [0.25, 0.3) is 22.0 Å². The summed E-state index contributed by atoms with van der Waals surface area (Å²) in [6, 6.07) is 10.8. The largest absolute Gasteiger partial charge is 0.417 e. The number of benzene rings is 2. The maximum atomic E-state index is 13.7. The van der Waals surface area contributed by atoms with Crippen molar-refractivity contribution in [1.29, 1.82) is 0 Å². The second-order valence-electron chi connectivity index (χ2n) is 5.06. The highest BCUT2D eigenvalue weighted by Crippen LogP contribution is 2.20. The number of hydrogen-bond acceptors (Lipinski definition) is 3. The Bertz CT molecular complexity index is 1110. The molecule has 114 valence electrons. The van der Waals surface area contributed by atoms with E-state index in [-0.39, 0.29) is 5.69 Å². The summed E-state index contributed by atoms with van der Waals surface area (Å²) >= 11 is 0. The molecule has 4 aromatic rings. The summed E-state index contributed by atoms with van der Waals surface area (Å²) in [6.45, 7) is 0. The Balaban J connectivity index is 1.67. The Kier molecular flexibility index (Phi) is 2.80. The second kappa shape index (κ2) is 4.84. The van der Waals surface area contributed by atoms with Crippen LogP contribution in [0, 0.1) is 5.82 Å². The van der Waals surface area contributed by atoms with Crippen LogP contribution in [0.3, 0.4) is 0 Å². The van der Waals surface area contributed by atoms with Gasteiger partial charge in [0.2, 0.25) is 0 Å². The number of H-pyrrole nitrogens is 2. The van der Waals surface area contributed by atoms with Crippen molar-refractivity contribution >= 4 is 33.6 Å². The molecule has 0 radical (unpaired) electrons. The zero-order valence-corrected chi connectivity index (χ0v) is 11.6. The highest BCUT2D eigenvalue weighted by atomic mass is 19.1. The molecule has 0 aliphatic rings. The molecule has 4 rings (SSSR count). The maximum Gasteiger partial charge on any atom is 0.417 e. The fourth-order valence-corrected chi connectivity index (χ4v) is 2.47. The number of nitrogens with one attached hydrogen (secondary N) is 3. The normalized spacial score (nSPS) is 11.2. The van der Waals surface area contributed by atoms with Gasteiger partial charge >= 0.3 is 5.76 Å². The molecule has 0 atom stereocenters. The van der Waals surface area contributed by atoms with E-state index >= 15 is 0 Å². The molecule has 0 aliphatic carbocycles. The van der Waals surface area contributed by atoms with Crippen molar-refractivity contribution in [3.8, 4) is 0 Å². The summed E-state index contributed by atoms with van der Waals surface area (Å²) in [6.07, 6.45) is 0. The molecule has 23 heavy (non-hydrogen) atoms. The third-order valence-electron chi connectivity index (χ3n) is 3.53. The summed E-state index contributed by atoms with van der Waals surface area (Å²) in [4.78, 5) is 28.8. The van der Waals surface area contributed by atoms with Crippen molar-refractivity contribution in [2.45, 2.75) is 0 Å². The van der Waals surface area contributed by atoms with Gasteiger partial charge in [-0.15, -0.1) is 0 Å². The Labute approximate surface area is 127 Å². The number of oxazole rings is 1. The van der Waals surface area contributed by atoms with Gasteiger partial charge in [-0.2, -0.15) is 0 Å². The second-order valence-corrected chi connectivity index (χ2v) is 5.06. The van der Waals surface area contributed by atoms with Gasteiger partial charge in [0, 0.05) is 16.6 Å². The zero-order chi connectivity index (χ0) is 16.0. The average Bonchev–Trinajstić information content (AvgIpc) is 3.10. The smallest absolute Gasteiger partial charge is 0.408 e. The van der Waals surface area contributed by atoms with Gasteiger partial charge in [0.25, 0.3) is 5.91 Å². The molecule has 7 heteroatoms. The number of anilines is 1. The molecule has 0 saturated heterocycles. The number of hydrogen-bond donors (Lipinski definition) is 3. The molecule has 0 aliphatic heterocycles. The molecule has 2 aromatic heterocycles. The molecule has 0 saturated carbocycles. The van der Waals surface area contributed by atoms with E-state index in [1.807, 2.05) is 0 Å². The number of amides is 1.